The zero-order valence-corrected chi connectivity index (χ0v) is 21.0. The molecule has 1 aromatic heterocycles. The van der Waals surface area contributed by atoms with E-state index in [2.05, 4.69) is 27.4 Å². The molecule has 1 aliphatic rings. The molecule has 2 aromatic carbocycles. The number of nitrogens with one attached hydrogen (secondary N) is 1. The predicted molar refractivity (Wildman–Crippen MR) is 137 cm³/mol. The lowest BCUT2D eigenvalue weighted by molar-refractivity contribution is 0.0636. The molecule has 2 heterocycles. The zero-order valence-electron chi connectivity index (χ0n) is 20.1. The van der Waals surface area contributed by atoms with Crippen LogP contribution >= 0.6 is 0 Å². The highest BCUT2D eigenvalue weighted by atomic mass is 32.2. The van der Waals surface area contributed by atoms with E-state index >= 15 is 0 Å². The Hall–Kier alpha value is -3.72. The van der Waals surface area contributed by atoms with Crippen LogP contribution in [0, 0.1) is 0 Å². The summed E-state index contributed by atoms with van der Waals surface area (Å²) in [5.74, 6) is 0.492. The molecular formula is C26H28N4O4S. The third-order valence-corrected chi connectivity index (χ3v) is 6.02. The zero-order chi connectivity index (χ0) is 25.2. The van der Waals surface area contributed by atoms with E-state index in [0.29, 0.717) is 18.1 Å². The van der Waals surface area contributed by atoms with Crippen molar-refractivity contribution in [2.75, 3.05) is 23.0 Å². The Kier molecular flexibility index (Phi) is 6.62. The van der Waals surface area contributed by atoms with Crippen LogP contribution in [0.4, 0.5) is 22.0 Å². The molecule has 1 N–H and O–H groups in total. The normalized spacial score (nSPS) is 13.6. The summed E-state index contributed by atoms with van der Waals surface area (Å²) in [6.45, 7) is 5.89. The van der Waals surface area contributed by atoms with Crippen molar-refractivity contribution in [2.45, 2.75) is 37.9 Å². The molecule has 0 atom stereocenters. The average molecular weight is 493 g/mol. The monoisotopic (exact) mass is 492 g/mol. The van der Waals surface area contributed by atoms with Gasteiger partial charge in [-0.1, -0.05) is 36.4 Å². The Labute approximate surface area is 205 Å². The summed E-state index contributed by atoms with van der Waals surface area (Å²) < 4.78 is 29.6. The highest BCUT2D eigenvalue weighted by Gasteiger charge is 2.25. The van der Waals surface area contributed by atoms with E-state index in [1.165, 1.54) is 0 Å². The van der Waals surface area contributed by atoms with Gasteiger partial charge < -0.3 is 9.64 Å². The number of anilines is 3. The summed E-state index contributed by atoms with van der Waals surface area (Å²) in [5, 5.41) is 2.53. The van der Waals surface area contributed by atoms with E-state index < -0.39 is 21.5 Å². The number of sulfone groups is 1. The van der Waals surface area contributed by atoms with Gasteiger partial charge in [-0.05, 0) is 62.6 Å². The second kappa shape index (κ2) is 9.50. The molecule has 35 heavy (non-hydrogen) atoms. The van der Waals surface area contributed by atoms with E-state index in [4.69, 9.17) is 4.74 Å². The van der Waals surface area contributed by atoms with Crippen molar-refractivity contribution >= 4 is 39.2 Å². The van der Waals surface area contributed by atoms with Crippen LogP contribution in [0.3, 0.4) is 0 Å². The first-order chi connectivity index (χ1) is 16.5. The third-order valence-electron chi connectivity index (χ3n) is 5.16. The number of hydrogen-bond donors (Lipinski definition) is 1. The Morgan fingerprint density at radius 2 is 1.86 bits per heavy atom. The van der Waals surface area contributed by atoms with Gasteiger partial charge in [0, 0.05) is 35.9 Å². The molecule has 0 radical (unpaired) electrons. The van der Waals surface area contributed by atoms with Gasteiger partial charge in [0.2, 0.25) is 15.0 Å². The lowest BCUT2D eigenvalue weighted by atomic mass is 9.99. The van der Waals surface area contributed by atoms with E-state index in [-0.39, 0.29) is 5.16 Å². The minimum atomic E-state index is -3.59. The van der Waals surface area contributed by atoms with Gasteiger partial charge in [-0.25, -0.2) is 18.2 Å². The van der Waals surface area contributed by atoms with Crippen LogP contribution < -0.4 is 10.2 Å². The number of benzene rings is 2. The molecule has 8 nitrogen and oxygen atoms in total. The van der Waals surface area contributed by atoms with Gasteiger partial charge in [0.25, 0.3) is 0 Å². The fraction of sp³-hybridized carbons (Fsp3) is 0.269. The Balaban J connectivity index is 1.71. The van der Waals surface area contributed by atoms with Crippen LogP contribution in [0.2, 0.25) is 0 Å². The highest BCUT2D eigenvalue weighted by molar-refractivity contribution is 7.90. The van der Waals surface area contributed by atoms with Gasteiger partial charge in [0.1, 0.15) is 11.4 Å². The van der Waals surface area contributed by atoms with Crippen LogP contribution in [-0.2, 0) is 21.0 Å². The Morgan fingerprint density at radius 1 is 1.11 bits per heavy atom. The Bertz CT molecular complexity index is 1380. The smallest absolute Gasteiger partial charge is 0.412 e. The predicted octanol–water partition coefficient (Wildman–Crippen LogP) is 5.00. The van der Waals surface area contributed by atoms with E-state index in [0.717, 1.165) is 35.1 Å². The van der Waals surface area contributed by atoms with Crippen LogP contribution in [0.25, 0.3) is 6.08 Å². The third kappa shape index (κ3) is 6.24. The first-order valence-corrected chi connectivity index (χ1v) is 13.1. The minimum absolute atomic E-state index is 0.232. The first-order valence-electron chi connectivity index (χ1n) is 11.2. The highest BCUT2D eigenvalue weighted by Crippen LogP contribution is 2.35. The molecule has 1 amide bonds. The molecule has 4 rings (SSSR count). The fourth-order valence-corrected chi connectivity index (χ4v) is 4.25. The summed E-state index contributed by atoms with van der Waals surface area (Å²) in [5.41, 5.74) is 3.68. The van der Waals surface area contributed by atoms with Gasteiger partial charge in [-0.3, -0.25) is 5.32 Å². The van der Waals surface area contributed by atoms with Crippen molar-refractivity contribution in [2.24, 2.45) is 0 Å². The maximum Gasteiger partial charge on any atom is 0.412 e. The maximum atomic E-state index is 12.3. The summed E-state index contributed by atoms with van der Waals surface area (Å²) in [6.07, 6.45) is 4.80. The number of hydrogen-bond acceptors (Lipinski definition) is 7. The van der Waals surface area contributed by atoms with Crippen molar-refractivity contribution < 1.29 is 17.9 Å². The van der Waals surface area contributed by atoms with Crippen LogP contribution in [0.5, 0.6) is 0 Å². The summed E-state index contributed by atoms with van der Waals surface area (Å²) in [4.78, 5) is 22.7. The van der Waals surface area contributed by atoms with E-state index in [1.807, 2.05) is 41.3 Å². The summed E-state index contributed by atoms with van der Waals surface area (Å²) in [6, 6.07) is 17.4. The summed E-state index contributed by atoms with van der Waals surface area (Å²) in [7, 11) is -3.59. The molecule has 0 saturated carbocycles. The minimum Gasteiger partial charge on any atom is -0.444 e. The molecule has 182 valence electrons. The van der Waals surface area contributed by atoms with Crippen LogP contribution in [-0.4, -0.2) is 42.9 Å². The molecular weight excluding hydrogens is 464 g/mol. The second-order valence-corrected chi connectivity index (χ2v) is 11.3. The number of carbonyl (C=O) groups is 1. The number of aromatic nitrogens is 2. The largest absolute Gasteiger partial charge is 0.444 e. The summed E-state index contributed by atoms with van der Waals surface area (Å²) >= 11 is 0. The molecule has 3 aromatic rings. The molecule has 1 aliphatic heterocycles. The number of fused-ring (bicyclic) bond motifs is 1. The van der Waals surface area contributed by atoms with Crippen LogP contribution in [0.1, 0.15) is 31.9 Å². The standard InChI is InChI=1S/C26H28N4O4S/c1-26(2,3)34-25(31)28-21-11-8-12-22(15-21)30-17-19(13-18-9-6-5-7-10-18)14-20-16-27-24(29-23(20)30)35(4,32)33/h5-12,14-16H,13,17H2,1-4H3,(H,28,31). The van der Waals surface area contributed by atoms with Crippen molar-refractivity contribution in [3.63, 3.8) is 0 Å². The average Bonchev–Trinajstić information content (AvgIpc) is 2.77. The van der Waals surface area contributed by atoms with Crippen molar-refractivity contribution in [1.29, 1.82) is 0 Å². The maximum absolute atomic E-state index is 12.3. The van der Waals surface area contributed by atoms with Gasteiger partial charge >= 0.3 is 6.09 Å². The fourth-order valence-electron chi connectivity index (χ4n) is 3.76. The number of rotatable bonds is 5. The number of carbonyl (C=O) groups excluding carboxylic acids is 1. The number of nitrogens with zero attached hydrogens (tertiary/aromatic N) is 3. The van der Waals surface area contributed by atoms with Crippen molar-refractivity contribution in [1.82, 2.24) is 9.97 Å². The van der Waals surface area contributed by atoms with Gasteiger partial charge in [-0.15, -0.1) is 0 Å². The SMILES string of the molecule is CC(C)(C)OC(=O)Nc1cccc(N2CC(Cc3ccccc3)=Cc3cnc(S(C)(=O)=O)nc32)c1. The van der Waals surface area contributed by atoms with Crippen molar-refractivity contribution in [3.8, 4) is 0 Å². The van der Waals surface area contributed by atoms with Gasteiger partial charge in [-0.2, -0.15) is 4.98 Å². The van der Waals surface area contributed by atoms with Crippen LogP contribution in [0.15, 0.2) is 71.5 Å². The topological polar surface area (TPSA) is 101 Å². The van der Waals surface area contributed by atoms with E-state index in [9.17, 15) is 13.2 Å². The second-order valence-electron chi connectivity index (χ2n) is 9.43. The quantitative estimate of drug-likeness (QED) is 0.500. The number of amides is 1. The van der Waals surface area contributed by atoms with E-state index in [1.54, 1.807) is 39.1 Å². The van der Waals surface area contributed by atoms with Crippen molar-refractivity contribution in [3.05, 3.63) is 77.5 Å². The molecule has 9 heteroatoms. The number of ether oxygens (including phenoxy) is 1. The molecule has 0 fully saturated rings. The lowest BCUT2D eigenvalue weighted by Crippen LogP contribution is -2.28. The first kappa shape index (κ1) is 24.4. The molecule has 0 saturated heterocycles. The lowest BCUT2D eigenvalue weighted by Gasteiger charge is -2.31. The molecule has 0 bridgehead atoms. The molecule has 0 spiro atoms. The Morgan fingerprint density at radius 3 is 2.54 bits per heavy atom. The molecule has 0 unspecified atom stereocenters. The van der Waals surface area contributed by atoms with Gasteiger partial charge in [0.05, 0.1) is 0 Å². The molecule has 0 aliphatic carbocycles. The van der Waals surface area contributed by atoms with Gasteiger partial charge in [0.15, 0.2) is 0 Å².